The molecule has 1 aliphatic carbocycles. The summed E-state index contributed by atoms with van der Waals surface area (Å²) in [5.74, 6) is 0. The Labute approximate surface area is 117 Å². The molecule has 0 aliphatic heterocycles. The number of hydrogen-bond acceptors (Lipinski definition) is 2. The second-order valence-corrected chi connectivity index (χ2v) is 2.44. The molecule has 1 aliphatic rings. The van der Waals surface area contributed by atoms with Crippen LogP contribution in [0.3, 0.4) is 0 Å². The maximum atomic E-state index is 12.0. The van der Waals surface area contributed by atoms with Crippen molar-refractivity contribution in [2.75, 3.05) is 0 Å². The molecule has 0 unspecified atom stereocenters. The van der Waals surface area contributed by atoms with Gasteiger partial charge >= 0.3 is 40.1 Å². The summed E-state index contributed by atoms with van der Waals surface area (Å²) >= 11 is 0. The third-order valence-corrected chi connectivity index (χ3v) is 1.55. The average molecular weight is 320 g/mol. The predicted molar refractivity (Wildman–Crippen MR) is 47.1 cm³/mol. The van der Waals surface area contributed by atoms with E-state index in [1.807, 2.05) is 0 Å². The van der Waals surface area contributed by atoms with E-state index < -0.39 is 24.0 Å². The van der Waals surface area contributed by atoms with Crippen LogP contribution >= 0.6 is 0 Å². The molecule has 0 spiro atoms. The van der Waals surface area contributed by atoms with Crippen molar-refractivity contribution >= 4 is 0 Å². The minimum absolute atomic E-state index is 0. The smallest absolute Gasteiger partial charge is 0 e. The summed E-state index contributed by atoms with van der Waals surface area (Å²) in [6.07, 6.45) is -5.00. The molecular weight excluding hydrogens is 313 g/mol. The molecule has 0 heterocycles. The van der Waals surface area contributed by atoms with Crippen molar-refractivity contribution in [2.45, 2.75) is 18.4 Å². The van der Waals surface area contributed by atoms with Crippen molar-refractivity contribution in [3.63, 3.8) is 0 Å². The first-order chi connectivity index (χ1) is 8.43. The molecule has 19 heavy (non-hydrogen) atoms. The van der Waals surface area contributed by atoms with Crippen molar-refractivity contribution in [2.24, 2.45) is 0 Å². The normalized spacial score (nSPS) is 19.4. The van der Waals surface area contributed by atoms with E-state index in [0.29, 0.717) is 0 Å². The Morgan fingerprint density at radius 1 is 1.00 bits per heavy atom. The second kappa shape index (κ2) is 15.0. The number of rotatable bonds is 0. The Morgan fingerprint density at radius 3 is 1.63 bits per heavy atom. The Kier molecular flexibility index (Phi) is 20.9. The standard InChI is InChI=1S/C7H7F3O2.3CO.Fe/c8-7(9,10)4-2-1-3-5(11)6(4)12;3*1-2;/h1-3,5-6,11-12H;;;;/t5-,6+;;;;/m1..../s1. The molecule has 0 aromatic carbocycles. The van der Waals surface area contributed by atoms with E-state index in [4.69, 9.17) is 24.2 Å². The first kappa shape index (κ1) is 26.5. The SMILES string of the molecule is O[C@@H]1C=CC=C(C(F)(F)F)[C@@H]1O.[C-]#[O+].[C-]#[O+].[C-]#[O+].[Fe]. The molecule has 0 aromatic rings. The van der Waals surface area contributed by atoms with E-state index in [1.165, 1.54) is 0 Å². The molecule has 5 nitrogen and oxygen atoms in total. The molecule has 106 valence electrons. The van der Waals surface area contributed by atoms with Crippen molar-refractivity contribution in [3.8, 4) is 0 Å². The summed E-state index contributed by atoms with van der Waals surface area (Å²) in [4.78, 5) is 0. The van der Waals surface area contributed by atoms with Crippen molar-refractivity contribution in [1.29, 1.82) is 0 Å². The molecule has 0 bridgehead atoms. The van der Waals surface area contributed by atoms with Gasteiger partial charge in [-0.05, 0) is 0 Å². The molecule has 0 saturated carbocycles. The number of aliphatic hydroxyl groups excluding tert-OH is 2. The Bertz CT molecular complexity index is 329. The zero-order valence-corrected chi connectivity index (χ0v) is 10.1. The third-order valence-electron chi connectivity index (χ3n) is 1.55. The van der Waals surface area contributed by atoms with Crippen LogP contribution < -0.4 is 0 Å². The van der Waals surface area contributed by atoms with Gasteiger partial charge in [-0.2, -0.15) is 13.2 Å². The topological polar surface area (TPSA) is 100 Å². The van der Waals surface area contributed by atoms with Crippen LogP contribution in [-0.2, 0) is 31.0 Å². The molecule has 0 saturated heterocycles. The molecule has 9 heteroatoms. The Morgan fingerprint density at radius 2 is 1.37 bits per heavy atom. The van der Waals surface area contributed by atoms with Gasteiger partial charge in [0.1, 0.15) is 12.2 Å². The van der Waals surface area contributed by atoms with E-state index >= 15 is 0 Å². The van der Waals surface area contributed by atoms with E-state index in [1.54, 1.807) is 0 Å². The van der Waals surface area contributed by atoms with Gasteiger partial charge in [0.05, 0.1) is 5.57 Å². The first-order valence-corrected chi connectivity index (χ1v) is 3.86. The third kappa shape index (κ3) is 10.5. The van der Waals surface area contributed by atoms with Crippen LogP contribution in [0.1, 0.15) is 0 Å². The summed E-state index contributed by atoms with van der Waals surface area (Å²) < 4.78 is 58.5. The summed E-state index contributed by atoms with van der Waals surface area (Å²) in [5, 5.41) is 17.7. The predicted octanol–water partition coefficient (Wildman–Crippen LogP) is 0.652. The van der Waals surface area contributed by atoms with Crippen molar-refractivity contribution in [3.05, 3.63) is 43.8 Å². The number of aliphatic hydroxyl groups is 2. The minimum Gasteiger partial charge on any atom is 0 e. The molecular formula is C10H7F3FeO5. The van der Waals surface area contributed by atoms with Crippen LogP contribution in [0.4, 0.5) is 13.2 Å². The summed E-state index contributed by atoms with van der Waals surface area (Å²) in [6.45, 7) is 13.5. The van der Waals surface area contributed by atoms with Gasteiger partial charge in [-0.3, -0.25) is 0 Å². The molecule has 1 rings (SSSR count). The van der Waals surface area contributed by atoms with E-state index in [9.17, 15) is 13.2 Å². The summed E-state index contributed by atoms with van der Waals surface area (Å²) in [6, 6.07) is 0. The van der Waals surface area contributed by atoms with Gasteiger partial charge in [-0.1, -0.05) is 18.2 Å². The zero-order valence-electron chi connectivity index (χ0n) is 8.99. The summed E-state index contributed by atoms with van der Waals surface area (Å²) in [7, 11) is 0. The van der Waals surface area contributed by atoms with Gasteiger partial charge in [0.2, 0.25) is 0 Å². The maximum Gasteiger partial charge on any atom is 0 e. The van der Waals surface area contributed by atoms with Gasteiger partial charge in [0.25, 0.3) is 0 Å². The summed E-state index contributed by atoms with van der Waals surface area (Å²) in [5.41, 5.74) is -1.11. The fraction of sp³-hybridized carbons (Fsp3) is 0.300. The minimum atomic E-state index is -4.58. The second-order valence-electron chi connectivity index (χ2n) is 2.44. The number of halogens is 3. The van der Waals surface area contributed by atoms with Crippen LogP contribution in [0.2, 0.25) is 0 Å². The van der Waals surface area contributed by atoms with Gasteiger partial charge in [-0.25, -0.2) is 0 Å². The average Bonchev–Trinajstić information content (AvgIpc) is 2.38. The van der Waals surface area contributed by atoms with Crippen molar-refractivity contribution < 1.29 is 54.4 Å². The van der Waals surface area contributed by atoms with Gasteiger partial charge < -0.3 is 10.2 Å². The molecule has 0 amide bonds. The monoisotopic (exact) mass is 320 g/mol. The molecule has 2 N–H and O–H groups in total. The molecule has 0 fully saturated rings. The Balaban J connectivity index is -0.000000142. The fourth-order valence-electron chi connectivity index (χ4n) is 0.923. The van der Waals surface area contributed by atoms with Crippen LogP contribution in [0.15, 0.2) is 23.8 Å². The molecule has 0 aromatic heterocycles. The van der Waals surface area contributed by atoms with Gasteiger partial charge in [-0.15, -0.1) is 0 Å². The van der Waals surface area contributed by atoms with Crippen LogP contribution in [0, 0.1) is 20.0 Å². The Hall–Kier alpha value is -1.07. The van der Waals surface area contributed by atoms with Gasteiger partial charge in [0, 0.05) is 17.1 Å². The fourth-order valence-corrected chi connectivity index (χ4v) is 0.923. The van der Waals surface area contributed by atoms with E-state index in [0.717, 1.165) is 18.2 Å². The van der Waals surface area contributed by atoms with E-state index in [2.05, 4.69) is 20.0 Å². The number of alkyl halides is 3. The zero-order chi connectivity index (χ0) is 15.4. The molecule has 2 atom stereocenters. The van der Waals surface area contributed by atoms with Crippen LogP contribution in [0.25, 0.3) is 0 Å². The van der Waals surface area contributed by atoms with Crippen molar-refractivity contribution in [1.82, 2.24) is 0 Å². The number of hydrogen-bond donors (Lipinski definition) is 2. The molecule has 0 radical (unpaired) electrons. The quantitative estimate of drug-likeness (QED) is 0.389. The van der Waals surface area contributed by atoms with Crippen LogP contribution in [-0.4, -0.2) is 28.6 Å². The van der Waals surface area contributed by atoms with Gasteiger partial charge in [0.15, 0.2) is 0 Å². The first-order valence-electron chi connectivity index (χ1n) is 3.86. The van der Waals surface area contributed by atoms with E-state index in [-0.39, 0.29) is 17.1 Å². The van der Waals surface area contributed by atoms with Crippen LogP contribution in [0.5, 0.6) is 0 Å². The number of allylic oxidation sites excluding steroid dienone is 2. The largest absolute Gasteiger partial charge is 0 e. The maximum absolute atomic E-state index is 12.0.